The summed E-state index contributed by atoms with van der Waals surface area (Å²) in [5, 5.41) is 8.66. The summed E-state index contributed by atoms with van der Waals surface area (Å²) < 4.78 is 5.28. The molecule has 0 aliphatic rings. The number of rotatable bonds is 10. The monoisotopic (exact) mass is 408 g/mol. The van der Waals surface area contributed by atoms with Crippen LogP contribution in [-0.4, -0.2) is 46.7 Å². The van der Waals surface area contributed by atoms with Crippen LogP contribution in [0.4, 0.5) is 4.79 Å². The van der Waals surface area contributed by atoms with Gasteiger partial charge in [0, 0.05) is 25.5 Å². The lowest BCUT2D eigenvalue weighted by Gasteiger charge is -2.23. The number of hydrogen-bond donors (Lipinski definition) is 3. The van der Waals surface area contributed by atoms with Crippen LogP contribution in [0.15, 0.2) is 24.5 Å². The number of unbranched alkanes of at least 4 members (excludes halogenated alkanes) is 1. The molecule has 1 aromatic heterocycles. The normalized spacial score (nSPS) is 12.0. The van der Waals surface area contributed by atoms with E-state index in [1.54, 1.807) is 33.2 Å². The van der Waals surface area contributed by atoms with E-state index in [-0.39, 0.29) is 5.91 Å². The Morgan fingerprint density at radius 1 is 1.21 bits per heavy atom. The van der Waals surface area contributed by atoms with Gasteiger partial charge in [0.25, 0.3) is 0 Å². The molecule has 1 aromatic rings. The lowest BCUT2D eigenvalue weighted by atomic mass is 10.1. The van der Waals surface area contributed by atoms with Crippen molar-refractivity contribution < 1.29 is 14.3 Å². The van der Waals surface area contributed by atoms with Gasteiger partial charge in [-0.2, -0.15) is 0 Å². The third-order valence-electron chi connectivity index (χ3n) is 3.74. The number of nitrogens with one attached hydrogen (secondary N) is 3. The van der Waals surface area contributed by atoms with Crippen LogP contribution in [0.5, 0.6) is 0 Å². The maximum absolute atomic E-state index is 12.6. The van der Waals surface area contributed by atoms with Crippen molar-refractivity contribution in [3.8, 4) is 0 Å². The second kappa shape index (κ2) is 12.3. The number of alkyl carbamates (subject to hydrolysis) is 1. The number of nitrogens with zero attached hydrogens (tertiary/aromatic N) is 1. The van der Waals surface area contributed by atoms with Gasteiger partial charge < -0.3 is 20.7 Å². The number of ether oxygens (including phenoxy) is 1. The number of carbonyl (C=O) groups is 2. The number of carbonyl (C=O) groups excluding carboxylic acids is 2. The van der Waals surface area contributed by atoms with E-state index >= 15 is 0 Å². The summed E-state index contributed by atoms with van der Waals surface area (Å²) in [7, 11) is 0. The van der Waals surface area contributed by atoms with Gasteiger partial charge in [-0.3, -0.25) is 9.78 Å². The predicted octanol–water partition coefficient (Wildman–Crippen LogP) is 2.74. The summed E-state index contributed by atoms with van der Waals surface area (Å²) in [6.07, 6.45) is 5.71. The Bertz CT molecular complexity index is 632. The molecular formula is C20H32N4O3S. The Morgan fingerprint density at radius 2 is 1.96 bits per heavy atom. The van der Waals surface area contributed by atoms with E-state index in [0.717, 1.165) is 29.9 Å². The number of hydrogen-bond acceptors (Lipinski definition) is 5. The van der Waals surface area contributed by atoms with E-state index in [4.69, 9.17) is 17.0 Å². The molecule has 0 unspecified atom stereocenters. The summed E-state index contributed by atoms with van der Waals surface area (Å²) in [6.45, 7) is 8.41. The number of thiocarbonyl (C=S) groups is 1. The minimum atomic E-state index is -0.641. The second-order valence-electron chi connectivity index (χ2n) is 7.58. The van der Waals surface area contributed by atoms with Crippen molar-refractivity contribution in [2.24, 2.45) is 0 Å². The van der Waals surface area contributed by atoms with E-state index in [1.807, 2.05) is 19.1 Å². The van der Waals surface area contributed by atoms with E-state index < -0.39 is 17.7 Å². The third kappa shape index (κ3) is 11.5. The zero-order valence-corrected chi connectivity index (χ0v) is 18.0. The Kier molecular flexibility index (Phi) is 10.4. The number of aromatic nitrogens is 1. The van der Waals surface area contributed by atoms with E-state index in [1.165, 1.54) is 0 Å². The van der Waals surface area contributed by atoms with Crippen LogP contribution >= 0.6 is 12.2 Å². The topological polar surface area (TPSA) is 92.4 Å². The number of amides is 2. The summed E-state index contributed by atoms with van der Waals surface area (Å²) >= 11 is 4.98. The zero-order valence-electron chi connectivity index (χ0n) is 17.2. The molecule has 0 fully saturated rings. The summed E-state index contributed by atoms with van der Waals surface area (Å²) in [5.74, 6) is -0.214. The van der Waals surface area contributed by atoms with Crippen molar-refractivity contribution in [1.29, 1.82) is 0 Å². The Morgan fingerprint density at radius 3 is 2.57 bits per heavy atom. The molecule has 0 aliphatic carbocycles. The first-order valence-corrected chi connectivity index (χ1v) is 9.99. The summed E-state index contributed by atoms with van der Waals surface area (Å²) in [5.41, 5.74) is 0.424. The molecule has 156 valence electrons. The molecule has 0 aliphatic heterocycles. The van der Waals surface area contributed by atoms with Crippen molar-refractivity contribution in [1.82, 2.24) is 20.9 Å². The average Bonchev–Trinajstić information content (AvgIpc) is 2.59. The van der Waals surface area contributed by atoms with Crippen LogP contribution in [0.1, 0.15) is 52.5 Å². The van der Waals surface area contributed by atoms with E-state index in [2.05, 4.69) is 20.9 Å². The fourth-order valence-electron chi connectivity index (χ4n) is 2.46. The Hall–Kier alpha value is -2.22. The highest BCUT2D eigenvalue weighted by Gasteiger charge is 2.23. The summed E-state index contributed by atoms with van der Waals surface area (Å²) in [4.78, 5) is 29.5. The van der Waals surface area contributed by atoms with Gasteiger partial charge in [-0.1, -0.05) is 18.3 Å². The van der Waals surface area contributed by atoms with E-state index in [0.29, 0.717) is 19.4 Å². The molecule has 2 amide bonds. The van der Waals surface area contributed by atoms with Crippen LogP contribution in [-0.2, 0) is 16.0 Å². The molecule has 0 saturated carbocycles. The number of pyridine rings is 1. The lowest BCUT2D eigenvalue weighted by molar-refractivity contribution is -0.123. The standard InChI is InChI=1S/C20H32N4O3S/c1-15(28)22-12-6-5-9-17(24-19(26)27-20(2,3)4)18(25)23-13-10-16-8-7-11-21-14-16/h7-8,11,14,17H,5-6,9-10,12-13H2,1-4H3,(H,22,28)(H,23,25)(H,24,26)/t17-/m0/s1. The summed E-state index contributed by atoms with van der Waals surface area (Å²) in [6, 6.07) is 3.18. The average molecular weight is 409 g/mol. The minimum Gasteiger partial charge on any atom is -0.444 e. The molecule has 0 saturated heterocycles. The van der Waals surface area contributed by atoms with Gasteiger partial charge in [0.15, 0.2) is 0 Å². The molecule has 0 radical (unpaired) electrons. The highest BCUT2D eigenvalue weighted by molar-refractivity contribution is 7.80. The van der Waals surface area contributed by atoms with Crippen molar-refractivity contribution in [2.45, 2.75) is 65.0 Å². The van der Waals surface area contributed by atoms with Crippen LogP contribution < -0.4 is 16.0 Å². The SMILES string of the molecule is CC(=S)NCCCC[C@H](NC(=O)OC(C)(C)C)C(=O)NCCc1cccnc1. The Balaban J connectivity index is 2.52. The maximum atomic E-state index is 12.6. The molecule has 0 bridgehead atoms. The first-order chi connectivity index (χ1) is 13.2. The molecule has 1 heterocycles. The highest BCUT2D eigenvalue weighted by atomic mass is 32.1. The zero-order chi connectivity index (χ0) is 21.0. The lowest BCUT2D eigenvalue weighted by Crippen LogP contribution is -2.48. The van der Waals surface area contributed by atoms with Crippen LogP contribution in [0, 0.1) is 0 Å². The fourth-order valence-corrected chi connectivity index (χ4v) is 2.56. The largest absolute Gasteiger partial charge is 0.444 e. The van der Waals surface area contributed by atoms with Gasteiger partial charge in [0.1, 0.15) is 11.6 Å². The quantitative estimate of drug-likeness (QED) is 0.407. The van der Waals surface area contributed by atoms with Crippen LogP contribution in [0.3, 0.4) is 0 Å². The highest BCUT2D eigenvalue weighted by Crippen LogP contribution is 2.08. The van der Waals surface area contributed by atoms with E-state index in [9.17, 15) is 9.59 Å². The predicted molar refractivity (Wildman–Crippen MR) is 114 cm³/mol. The van der Waals surface area contributed by atoms with Gasteiger partial charge >= 0.3 is 6.09 Å². The molecule has 7 nitrogen and oxygen atoms in total. The first-order valence-electron chi connectivity index (χ1n) is 9.58. The molecule has 3 N–H and O–H groups in total. The molecular weight excluding hydrogens is 376 g/mol. The Labute approximate surface area is 173 Å². The third-order valence-corrected chi connectivity index (χ3v) is 3.88. The molecule has 0 spiro atoms. The first kappa shape index (κ1) is 23.8. The van der Waals surface area contributed by atoms with Gasteiger partial charge in [-0.25, -0.2) is 4.79 Å². The smallest absolute Gasteiger partial charge is 0.408 e. The molecule has 8 heteroatoms. The molecule has 28 heavy (non-hydrogen) atoms. The maximum Gasteiger partial charge on any atom is 0.408 e. The van der Waals surface area contributed by atoms with Crippen molar-refractivity contribution >= 4 is 29.2 Å². The fraction of sp³-hybridized carbons (Fsp3) is 0.600. The van der Waals surface area contributed by atoms with Crippen molar-refractivity contribution in [3.05, 3.63) is 30.1 Å². The van der Waals surface area contributed by atoms with Crippen molar-refractivity contribution in [3.63, 3.8) is 0 Å². The molecule has 0 aromatic carbocycles. The molecule has 1 atom stereocenters. The van der Waals surface area contributed by atoms with Gasteiger partial charge in [-0.05, 0) is 65.0 Å². The van der Waals surface area contributed by atoms with Gasteiger partial charge in [0.05, 0.1) is 4.99 Å². The van der Waals surface area contributed by atoms with Crippen LogP contribution in [0.2, 0.25) is 0 Å². The van der Waals surface area contributed by atoms with Gasteiger partial charge in [0.2, 0.25) is 5.91 Å². The second-order valence-corrected chi connectivity index (χ2v) is 8.19. The van der Waals surface area contributed by atoms with Crippen molar-refractivity contribution in [2.75, 3.05) is 13.1 Å². The van der Waals surface area contributed by atoms with Gasteiger partial charge in [-0.15, -0.1) is 0 Å². The van der Waals surface area contributed by atoms with Crippen LogP contribution in [0.25, 0.3) is 0 Å². The minimum absolute atomic E-state index is 0.214. The molecule has 1 rings (SSSR count).